The number of piperidine rings is 1. The summed E-state index contributed by atoms with van der Waals surface area (Å²) >= 11 is 1.68. The number of nitrogens with one attached hydrogen (secondary N) is 2. The zero-order valence-corrected chi connectivity index (χ0v) is 16.7. The third-order valence-corrected chi connectivity index (χ3v) is 5.98. The van der Waals surface area contributed by atoms with E-state index in [4.69, 9.17) is 5.21 Å². The Morgan fingerprint density at radius 2 is 1.86 bits per heavy atom. The fourth-order valence-corrected chi connectivity index (χ4v) is 4.23. The molecule has 7 heteroatoms. The van der Waals surface area contributed by atoms with Crippen molar-refractivity contribution in [3.63, 3.8) is 0 Å². The van der Waals surface area contributed by atoms with Crippen LogP contribution < -0.4 is 10.8 Å². The molecule has 0 bridgehead atoms. The van der Waals surface area contributed by atoms with Gasteiger partial charge in [0.2, 0.25) is 5.91 Å². The van der Waals surface area contributed by atoms with Crippen LogP contribution >= 0.6 is 11.3 Å². The predicted molar refractivity (Wildman–Crippen MR) is 110 cm³/mol. The molecular formula is C21H27N3O3S. The van der Waals surface area contributed by atoms with E-state index in [-0.39, 0.29) is 11.9 Å². The van der Waals surface area contributed by atoms with Crippen molar-refractivity contribution in [1.29, 1.82) is 0 Å². The predicted octanol–water partition coefficient (Wildman–Crippen LogP) is 4.01. The second kappa shape index (κ2) is 10.2. The molecule has 0 aliphatic carbocycles. The number of amides is 3. The number of thiophene rings is 1. The van der Waals surface area contributed by atoms with Crippen LogP contribution in [0.3, 0.4) is 0 Å². The van der Waals surface area contributed by atoms with Crippen molar-refractivity contribution < 1.29 is 14.8 Å². The number of carbonyl (C=O) groups is 2. The topological polar surface area (TPSA) is 81.7 Å². The Morgan fingerprint density at radius 1 is 1.11 bits per heavy atom. The van der Waals surface area contributed by atoms with Crippen molar-refractivity contribution in [3.8, 4) is 11.1 Å². The summed E-state index contributed by atoms with van der Waals surface area (Å²) in [6.07, 6.45) is 4.00. The summed E-state index contributed by atoms with van der Waals surface area (Å²) in [5.41, 5.74) is 5.16. The Morgan fingerprint density at radius 3 is 2.50 bits per heavy atom. The monoisotopic (exact) mass is 401 g/mol. The lowest BCUT2D eigenvalue weighted by molar-refractivity contribution is -0.129. The summed E-state index contributed by atoms with van der Waals surface area (Å²) in [6.45, 7) is 2.03. The second-order valence-electron chi connectivity index (χ2n) is 7.23. The van der Waals surface area contributed by atoms with Gasteiger partial charge in [0.05, 0.1) is 0 Å². The average Bonchev–Trinajstić information content (AvgIpc) is 3.27. The van der Waals surface area contributed by atoms with E-state index in [0.717, 1.165) is 44.3 Å². The molecule has 0 radical (unpaired) electrons. The summed E-state index contributed by atoms with van der Waals surface area (Å²) in [6, 6.07) is 10.4. The fourth-order valence-electron chi connectivity index (χ4n) is 3.57. The van der Waals surface area contributed by atoms with Gasteiger partial charge in [-0.2, -0.15) is 11.3 Å². The molecule has 150 valence electrons. The lowest BCUT2D eigenvalue weighted by Gasteiger charge is -2.32. The average molecular weight is 402 g/mol. The van der Waals surface area contributed by atoms with Crippen molar-refractivity contribution in [2.45, 2.75) is 38.6 Å². The van der Waals surface area contributed by atoms with Gasteiger partial charge in [-0.1, -0.05) is 24.3 Å². The maximum Gasteiger partial charge on any atom is 0.317 e. The van der Waals surface area contributed by atoms with Crippen LogP contribution in [0.25, 0.3) is 11.1 Å². The molecule has 2 heterocycles. The molecule has 0 saturated carbocycles. The van der Waals surface area contributed by atoms with Crippen LogP contribution in [0.15, 0.2) is 41.1 Å². The third-order valence-electron chi connectivity index (χ3n) is 5.29. The second-order valence-corrected chi connectivity index (χ2v) is 8.01. The zero-order chi connectivity index (χ0) is 19.8. The van der Waals surface area contributed by atoms with Gasteiger partial charge in [-0.25, -0.2) is 10.3 Å². The number of carbonyl (C=O) groups excluding carboxylic acids is 2. The minimum absolute atomic E-state index is 0.0139. The summed E-state index contributed by atoms with van der Waals surface area (Å²) in [4.78, 5) is 25.3. The minimum atomic E-state index is -0.333. The normalized spacial score (nSPS) is 14.7. The van der Waals surface area contributed by atoms with Gasteiger partial charge in [-0.15, -0.1) is 0 Å². The van der Waals surface area contributed by atoms with Crippen LogP contribution in [0.1, 0.15) is 37.7 Å². The van der Waals surface area contributed by atoms with Crippen LogP contribution in [0.5, 0.6) is 0 Å². The molecule has 2 aromatic rings. The number of hydroxylamine groups is 1. The van der Waals surface area contributed by atoms with Crippen molar-refractivity contribution in [2.24, 2.45) is 5.92 Å². The molecule has 0 atom stereocenters. The molecule has 1 aliphatic heterocycles. The van der Waals surface area contributed by atoms with Gasteiger partial charge in [0.15, 0.2) is 0 Å². The molecular weight excluding hydrogens is 374 g/mol. The molecule has 3 N–H and O–H groups in total. The Balaban J connectivity index is 1.37. The van der Waals surface area contributed by atoms with E-state index in [2.05, 4.69) is 46.4 Å². The molecule has 1 aliphatic rings. The molecule has 3 rings (SSSR count). The molecule has 1 saturated heterocycles. The van der Waals surface area contributed by atoms with E-state index in [1.54, 1.807) is 16.8 Å². The number of hydrogen-bond donors (Lipinski definition) is 3. The van der Waals surface area contributed by atoms with E-state index in [0.29, 0.717) is 18.9 Å². The van der Waals surface area contributed by atoms with E-state index in [1.807, 2.05) is 4.90 Å². The van der Waals surface area contributed by atoms with Gasteiger partial charge >= 0.3 is 6.03 Å². The highest BCUT2D eigenvalue weighted by Gasteiger charge is 2.22. The maximum atomic E-state index is 12.4. The third kappa shape index (κ3) is 5.81. The van der Waals surface area contributed by atoms with Crippen LogP contribution in [0.4, 0.5) is 4.79 Å². The number of likely N-dealkylation sites (tertiary alicyclic amines) is 1. The Hall–Kier alpha value is -2.38. The number of urea groups is 1. The number of nitrogens with zero attached hydrogens (tertiary/aromatic N) is 1. The number of hydrogen-bond acceptors (Lipinski definition) is 4. The Bertz CT molecular complexity index is 754. The number of benzene rings is 1. The first-order chi connectivity index (χ1) is 13.7. The maximum absolute atomic E-state index is 12.4. The van der Waals surface area contributed by atoms with Crippen LogP contribution in [-0.2, 0) is 11.3 Å². The fraction of sp³-hybridized carbons (Fsp3) is 0.429. The van der Waals surface area contributed by atoms with Crippen molar-refractivity contribution in [3.05, 3.63) is 46.7 Å². The number of rotatable bonds is 7. The summed E-state index contributed by atoms with van der Waals surface area (Å²) in [5, 5.41) is 15.7. The quantitative estimate of drug-likeness (QED) is 0.484. The van der Waals surface area contributed by atoms with Gasteiger partial charge in [-0.3, -0.25) is 10.0 Å². The first kappa shape index (κ1) is 20.4. The first-order valence-corrected chi connectivity index (χ1v) is 10.7. The molecule has 28 heavy (non-hydrogen) atoms. The molecule has 0 unspecified atom stereocenters. The molecule has 3 amide bonds. The molecule has 1 aromatic carbocycles. The Labute approximate surface area is 169 Å². The van der Waals surface area contributed by atoms with Gasteiger partial charge in [0.25, 0.3) is 0 Å². The lowest BCUT2D eigenvalue weighted by Crippen LogP contribution is -2.44. The standard InChI is InChI=1S/C21H27N3O3S/c25-20(23-27)3-1-2-16-8-11-24(12-9-16)21(26)22-14-17-4-6-18(7-5-17)19-10-13-28-15-19/h4-7,10,13,15-16,27H,1-3,8-9,11-12,14H2,(H,22,26)(H,23,25). The van der Waals surface area contributed by atoms with Gasteiger partial charge in [0, 0.05) is 26.1 Å². The van der Waals surface area contributed by atoms with Gasteiger partial charge in [0.1, 0.15) is 0 Å². The highest BCUT2D eigenvalue weighted by Crippen LogP contribution is 2.23. The Kier molecular flexibility index (Phi) is 7.45. The largest absolute Gasteiger partial charge is 0.334 e. The van der Waals surface area contributed by atoms with Crippen molar-refractivity contribution in [2.75, 3.05) is 13.1 Å². The van der Waals surface area contributed by atoms with Gasteiger partial charge in [-0.05, 0) is 65.1 Å². The van der Waals surface area contributed by atoms with Crippen molar-refractivity contribution >= 4 is 23.3 Å². The zero-order valence-electron chi connectivity index (χ0n) is 15.9. The molecule has 0 spiro atoms. The summed E-state index contributed by atoms with van der Waals surface area (Å²) in [5.74, 6) is 0.209. The van der Waals surface area contributed by atoms with Crippen LogP contribution in [0, 0.1) is 5.92 Å². The smallest absolute Gasteiger partial charge is 0.317 e. The summed E-state index contributed by atoms with van der Waals surface area (Å²) in [7, 11) is 0. The SMILES string of the molecule is O=C(CCCC1CCN(C(=O)NCc2ccc(-c3ccsc3)cc2)CC1)NO. The first-order valence-electron chi connectivity index (χ1n) is 9.73. The molecule has 1 fully saturated rings. The highest BCUT2D eigenvalue weighted by molar-refractivity contribution is 7.08. The van der Waals surface area contributed by atoms with Crippen LogP contribution in [-0.4, -0.2) is 35.1 Å². The summed E-state index contributed by atoms with van der Waals surface area (Å²) < 4.78 is 0. The van der Waals surface area contributed by atoms with Crippen LogP contribution in [0.2, 0.25) is 0 Å². The van der Waals surface area contributed by atoms with Gasteiger partial charge < -0.3 is 10.2 Å². The lowest BCUT2D eigenvalue weighted by atomic mass is 9.91. The van der Waals surface area contributed by atoms with E-state index >= 15 is 0 Å². The van der Waals surface area contributed by atoms with E-state index in [9.17, 15) is 9.59 Å². The van der Waals surface area contributed by atoms with Crippen molar-refractivity contribution in [1.82, 2.24) is 15.7 Å². The molecule has 6 nitrogen and oxygen atoms in total. The minimum Gasteiger partial charge on any atom is -0.334 e. The van der Waals surface area contributed by atoms with E-state index < -0.39 is 0 Å². The highest BCUT2D eigenvalue weighted by atomic mass is 32.1. The van der Waals surface area contributed by atoms with E-state index in [1.165, 1.54) is 11.1 Å². The molecule has 1 aromatic heterocycles.